The monoisotopic (exact) mass is 425 g/mol. The van der Waals surface area contributed by atoms with Gasteiger partial charge in [0.05, 0.1) is 28.2 Å². The molecular formula is C19H18F3N3OS2. The maximum absolute atomic E-state index is 12.6. The molecule has 148 valence electrons. The first kappa shape index (κ1) is 20.6. The number of halogens is 3. The molecule has 0 radical (unpaired) electrons. The quantitative estimate of drug-likeness (QED) is 0.529. The van der Waals surface area contributed by atoms with Gasteiger partial charge in [-0.1, -0.05) is 24.3 Å². The normalized spacial score (nSPS) is 11.7. The molecule has 9 heteroatoms. The first-order valence-electron chi connectivity index (χ1n) is 8.39. The number of imidazole rings is 1. The molecule has 0 atom stereocenters. The van der Waals surface area contributed by atoms with Crippen molar-refractivity contribution >= 4 is 46.2 Å². The summed E-state index contributed by atoms with van der Waals surface area (Å²) in [6.45, 7) is 0.0364. The zero-order valence-corrected chi connectivity index (χ0v) is 16.6. The van der Waals surface area contributed by atoms with Gasteiger partial charge in [-0.05, 0) is 30.5 Å². The number of para-hydroxylation sites is 3. The summed E-state index contributed by atoms with van der Waals surface area (Å²) in [5, 5.41) is 2.74. The average Bonchev–Trinajstić information content (AvgIpc) is 2.98. The van der Waals surface area contributed by atoms with E-state index in [-0.39, 0.29) is 12.5 Å². The number of hydrogen-bond donors (Lipinski definition) is 1. The molecule has 0 fully saturated rings. The number of nitrogens with one attached hydrogen (secondary N) is 1. The summed E-state index contributed by atoms with van der Waals surface area (Å²) in [6, 6.07) is 14.0. The number of aromatic nitrogens is 2. The van der Waals surface area contributed by atoms with Crippen molar-refractivity contribution in [2.75, 3.05) is 17.3 Å². The highest BCUT2D eigenvalue weighted by molar-refractivity contribution is 7.99. The lowest BCUT2D eigenvalue weighted by Gasteiger charge is -2.13. The van der Waals surface area contributed by atoms with Crippen molar-refractivity contribution in [1.29, 1.82) is 0 Å². The van der Waals surface area contributed by atoms with Gasteiger partial charge in [0.2, 0.25) is 5.91 Å². The van der Waals surface area contributed by atoms with E-state index in [2.05, 4.69) is 10.3 Å². The maximum Gasteiger partial charge on any atom is 0.398 e. The molecule has 0 saturated carbocycles. The first-order chi connectivity index (χ1) is 13.4. The number of carbonyl (C=O) groups excluding carboxylic acids is 1. The highest BCUT2D eigenvalue weighted by Crippen LogP contribution is 2.32. The number of anilines is 1. The Morgan fingerprint density at radius 1 is 1.14 bits per heavy atom. The van der Waals surface area contributed by atoms with Crippen LogP contribution in [0, 0.1) is 0 Å². The van der Waals surface area contributed by atoms with Gasteiger partial charge in [0.1, 0.15) is 12.4 Å². The standard InChI is InChI=1S/C19H18F3N3OS2/c1-27-11-17-23-13-6-2-4-8-15(13)25(17)10-18(26)24-14-7-3-5-9-16(14)28-12-19(20,21)22/h2-9H,10-12H2,1H3,(H,24,26). The van der Waals surface area contributed by atoms with E-state index in [1.54, 1.807) is 36.0 Å². The molecule has 2 aromatic carbocycles. The molecule has 0 aliphatic rings. The lowest BCUT2D eigenvalue weighted by atomic mass is 10.3. The fourth-order valence-electron chi connectivity index (χ4n) is 2.73. The number of benzene rings is 2. The molecule has 0 bridgehead atoms. The van der Waals surface area contributed by atoms with Gasteiger partial charge < -0.3 is 9.88 Å². The number of thioether (sulfide) groups is 2. The van der Waals surface area contributed by atoms with E-state index in [1.807, 2.05) is 35.1 Å². The molecular weight excluding hydrogens is 407 g/mol. The van der Waals surface area contributed by atoms with E-state index in [9.17, 15) is 18.0 Å². The summed E-state index contributed by atoms with van der Waals surface area (Å²) in [5.41, 5.74) is 2.03. The molecule has 1 amide bonds. The van der Waals surface area contributed by atoms with Crippen molar-refractivity contribution in [3.05, 3.63) is 54.4 Å². The minimum Gasteiger partial charge on any atom is -0.324 e. The lowest BCUT2D eigenvalue weighted by Crippen LogP contribution is -2.20. The fourth-order valence-corrected chi connectivity index (χ4v) is 3.98. The van der Waals surface area contributed by atoms with Crippen LogP contribution in [-0.2, 0) is 17.1 Å². The molecule has 1 N–H and O–H groups in total. The summed E-state index contributed by atoms with van der Waals surface area (Å²) < 4.78 is 39.4. The third-order valence-corrected chi connectivity index (χ3v) is 5.55. The van der Waals surface area contributed by atoms with Gasteiger partial charge in [-0.3, -0.25) is 4.79 Å². The van der Waals surface area contributed by atoms with Gasteiger partial charge in [0, 0.05) is 4.90 Å². The maximum atomic E-state index is 12.6. The lowest BCUT2D eigenvalue weighted by molar-refractivity contribution is -0.116. The van der Waals surface area contributed by atoms with E-state index >= 15 is 0 Å². The van der Waals surface area contributed by atoms with Gasteiger partial charge in [0.15, 0.2) is 0 Å². The second-order valence-corrected chi connectivity index (χ2v) is 7.87. The smallest absolute Gasteiger partial charge is 0.324 e. The average molecular weight is 426 g/mol. The molecule has 4 nitrogen and oxygen atoms in total. The van der Waals surface area contributed by atoms with Crippen LogP contribution in [0.25, 0.3) is 11.0 Å². The van der Waals surface area contributed by atoms with Crippen LogP contribution in [0.15, 0.2) is 53.4 Å². The van der Waals surface area contributed by atoms with Crippen LogP contribution in [0.3, 0.4) is 0 Å². The van der Waals surface area contributed by atoms with Gasteiger partial charge >= 0.3 is 6.18 Å². The Morgan fingerprint density at radius 2 is 1.86 bits per heavy atom. The van der Waals surface area contributed by atoms with E-state index in [1.165, 1.54) is 0 Å². The van der Waals surface area contributed by atoms with Gasteiger partial charge in [0.25, 0.3) is 0 Å². The van der Waals surface area contributed by atoms with Gasteiger partial charge in [-0.25, -0.2) is 4.98 Å². The number of fused-ring (bicyclic) bond motifs is 1. The van der Waals surface area contributed by atoms with Crippen molar-refractivity contribution in [3.63, 3.8) is 0 Å². The molecule has 28 heavy (non-hydrogen) atoms. The Hall–Kier alpha value is -2.13. The topological polar surface area (TPSA) is 46.9 Å². The summed E-state index contributed by atoms with van der Waals surface area (Å²) >= 11 is 2.26. The zero-order valence-electron chi connectivity index (χ0n) is 15.0. The van der Waals surface area contributed by atoms with Crippen molar-refractivity contribution < 1.29 is 18.0 Å². The Labute approximate surface area is 168 Å². The largest absolute Gasteiger partial charge is 0.398 e. The summed E-state index contributed by atoms with van der Waals surface area (Å²) in [6.07, 6.45) is -2.32. The first-order valence-corrected chi connectivity index (χ1v) is 10.8. The van der Waals surface area contributed by atoms with Crippen LogP contribution >= 0.6 is 23.5 Å². The van der Waals surface area contributed by atoms with Crippen LogP contribution in [0.5, 0.6) is 0 Å². The predicted octanol–water partition coefficient (Wildman–Crippen LogP) is 5.19. The third kappa shape index (κ3) is 5.23. The Bertz CT molecular complexity index is 972. The van der Waals surface area contributed by atoms with Crippen molar-refractivity contribution in [3.8, 4) is 0 Å². The second kappa shape index (κ2) is 8.91. The van der Waals surface area contributed by atoms with Crippen LogP contribution in [0.4, 0.5) is 18.9 Å². The summed E-state index contributed by atoms with van der Waals surface area (Å²) in [7, 11) is 0. The van der Waals surface area contributed by atoms with Gasteiger partial charge in [-0.2, -0.15) is 24.9 Å². The fraction of sp³-hybridized carbons (Fsp3) is 0.263. The number of rotatable bonds is 7. The molecule has 3 aromatic rings. The molecule has 1 heterocycles. The van der Waals surface area contributed by atoms with Crippen LogP contribution in [0.2, 0.25) is 0 Å². The van der Waals surface area contributed by atoms with Crippen LogP contribution in [-0.4, -0.2) is 33.6 Å². The molecule has 1 aromatic heterocycles. The molecule has 0 aliphatic heterocycles. The van der Waals surface area contributed by atoms with Crippen LogP contribution in [0.1, 0.15) is 5.82 Å². The van der Waals surface area contributed by atoms with Gasteiger partial charge in [-0.15, -0.1) is 11.8 Å². The molecule has 0 saturated heterocycles. The number of hydrogen-bond acceptors (Lipinski definition) is 4. The Balaban J connectivity index is 1.78. The highest BCUT2D eigenvalue weighted by Gasteiger charge is 2.27. The molecule has 0 unspecified atom stereocenters. The molecule has 0 spiro atoms. The predicted molar refractivity (Wildman–Crippen MR) is 109 cm³/mol. The van der Waals surface area contributed by atoms with E-state index in [0.717, 1.165) is 16.9 Å². The minimum atomic E-state index is -4.27. The highest BCUT2D eigenvalue weighted by atomic mass is 32.2. The number of alkyl halides is 3. The Kier molecular flexibility index (Phi) is 6.56. The zero-order chi connectivity index (χ0) is 20.1. The van der Waals surface area contributed by atoms with Crippen LogP contribution < -0.4 is 5.32 Å². The number of amides is 1. The SMILES string of the molecule is CSCc1nc2ccccc2n1CC(=O)Nc1ccccc1SCC(F)(F)F. The molecule has 3 rings (SSSR count). The molecule has 0 aliphatic carbocycles. The van der Waals surface area contributed by atoms with Crippen molar-refractivity contribution in [2.45, 2.75) is 23.4 Å². The minimum absolute atomic E-state index is 0.0364. The second-order valence-electron chi connectivity index (χ2n) is 5.98. The summed E-state index contributed by atoms with van der Waals surface area (Å²) in [4.78, 5) is 17.6. The number of nitrogens with zero attached hydrogens (tertiary/aromatic N) is 2. The third-order valence-electron chi connectivity index (χ3n) is 3.86. The van der Waals surface area contributed by atoms with E-state index in [4.69, 9.17) is 0 Å². The van der Waals surface area contributed by atoms with Crippen molar-refractivity contribution in [2.24, 2.45) is 0 Å². The Morgan fingerprint density at radius 3 is 2.61 bits per heavy atom. The van der Waals surface area contributed by atoms with E-state index < -0.39 is 11.9 Å². The van der Waals surface area contributed by atoms with E-state index in [0.29, 0.717) is 28.1 Å². The number of carbonyl (C=O) groups is 1. The van der Waals surface area contributed by atoms with Crippen molar-refractivity contribution in [1.82, 2.24) is 9.55 Å². The summed E-state index contributed by atoms with van der Waals surface area (Å²) in [5.74, 6) is 0.110.